The molecule has 0 bridgehead atoms. The molecule has 0 aliphatic carbocycles. The number of anilines is 1. The van der Waals surface area contributed by atoms with Gasteiger partial charge in [0, 0.05) is 11.1 Å². The Balaban J connectivity index is 2.23. The molecule has 3 N–H and O–H groups in total. The number of nitrogens with one attached hydrogen (secondary N) is 1. The van der Waals surface area contributed by atoms with E-state index in [0.29, 0.717) is 17.0 Å². The summed E-state index contributed by atoms with van der Waals surface area (Å²) in [6.07, 6.45) is 1.56. The zero-order valence-corrected chi connectivity index (χ0v) is 15.6. The molecule has 6 heteroatoms. The molecule has 3 aromatic rings. The molecule has 0 spiro atoms. The number of rotatable bonds is 2. The number of H-pyrrole nitrogens is 1. The quantitative estimate of drug-likeness (QED) is 0.725. The summed E-state index contributed by atoms with van der Waals surface area (Å²) in [5.41, 5.74) is 9.03. The van der Waals surface area contributed by atoms with Crippen LogP contribution in [-0.2, 0) is 10.8 Å². The van der Waals surface area contributed by atoms with E-state index in [2.05, 4.69) is 79.7 Å². The second-order valence-electron chi connectivity index (χ2n) is 8.27. The first-order valence-corrected chi connectivity index (χ1v) is 8.36. The second-order valence-corrected chi connectivity index (χ2v) is 8.27. The van der Waals surface area contributed by atoms with Gasteiger partial charge in [0.2, 0.25) is 5.95 Å². The molecule has 2 aromatic heterocycles. The van der Waals surface area contributed by atoms with E-state index < -0.39 is 0 Å². The summed E-state index contributed by atoms with van der Waals surface area (Å²) in [4.78, 5) is 15.6. The molecule has 0 aliphatic heterocycles. The van der Waals surface area contributed by atoms with E-state index in [1.165, 1.54) is 0 Å². The first kappa shape index (κ1) is 17.2. The number of nitrogens with two attached hydrogens (primary N) is 1. The number of hydrogen-bond acceptors (Lipinski definition) is 5. The average molecular weight is 339 g/mol. The highest BCUT2D eigenvalue weighted by atomic mass is 16.5. The van der Waals surface area contributed by atoms with Crippen LogP contribution in [0.15, 0.2) is 24.5 Å². The standard InChI is InChI=1S/C19H25N5O/c1-18(2,3)11-8-7-9-12(19(4,5)6)14(11)25-16-13-15(22-10-21-13)23-17(20)24-16/h7-10H,1-6H3,(H3,20,21,22,23,24). The first-order valence-electron chi connectivity index (χ1n) is 8.36. The topological polar surface area (TPSA) is 89.7 Å². The van der Waals surface area contributed by atoms with Crippen molar-refractivity contribution in [2.75, 3.05) is 5.73 Å². The molecule has 132 valence electrons. The molecule has 0 atom stereocenters. The average Bonchev–Trinajstić information content (AvgIpc) is 2.93. The summed E-state index contributed by atoms with van der Waals surface area (Å²) in [6, 6.07) is 6.27. The number of imidazole rings is 1. The zero-order chi connectivity index (χ0) is 18.4. The Morgan fingerprint density at radius 2 is 1.56 bits per heavy atom. The molecule has 6 nitrogen and oxygen atoms in total. The largest absolute Gasteiger partial charge is 0.436 e. The van der Waals surface area contributed by atoms with Crippen LogP contribution in [0.4, 0.5) is 5.95 Å². The number of ether oxygens (including phenoxy) is 1. The van der Waals surface area contributed by atoms with Gasteiger partial charge in [0.15, 0.2) is 5.65 Å². The Labute approximate surface area is 147 Å². The molecule has 0 amide bonds. The summed E-state index contributed by atoms with van der Waals surface area (Å²) in [7, 11) is 0. The highest BCUT2D eigenvalue weighted by Gasteiger charge is 2.27. The van der Waals surface area contributed by atoms with Gasteiger partial charge in [-0.15, -0.1) is 0 Å². The van der Waals surface area contributed by atoms with Gasteiger partial charge in [-0.25, -0.2) is 4.98 Å². The van der Waals surface area contributed by atoms with Crippen molar-refractivity contribution in [3.05, 3.63) is 35.7 Å². The van der Waals surface area contributed by atoms with E-state index in [1.54, 1.807) is 6.33 Å². The molecule has 0 unspecified atom stereocenters. The lowest BCUT2D eigenvalue weighted by Crippen LogP contribution is -2.18. The first-order chi connectivity index (χ1) is 11.6. The molecule has 0 radical (unpaired) electrons. The molecule has 25 heavy (non-hydrogen) atoms. The van der Waals surface area contributed by atoms with Gasteiger partial charge in [0.05, 0.1) is 6.33 Å². The van der Waals surface area contributed by atoms with Gasteiger partial charge in [0.25, 0.3) is 5.88 Å². The van der Waals surface area contributed by atoms with Gasteiger partial charge in [-0.2, -0.15) is 9.97 Å². The molecule has 0 aliphatic rings. The van der Waals surface area contributed by atoms with Crippen molar-refractivity contribution in [1.82, 2.24) is 19.9 Å². The molecule has 0 saturated heterocycles. The van der Waals surface area contributed by atoms with Crippen molar-refractivity contribution in [3.8, 4) is 11.6 Å². The summed E-state index contributed by atoms with van der Waals surface area (Å²) >= 11 is 0. The molecular weight excluding hydrogens is 314 g/mol. The number of nitrogens with zero attached hydrogens (tertiary/aromatic N) is 3. The molecule has 0 saturated carbocycles. The number of nitrogen functional groups attached to an aromatic ring is 1. The van der Waals surface area contributed by atoms with Crippen LogP contribution in [0.3, 0.4) is 0 Å². The van der Waals surface area contributed by atoms with Gasteiger partial charge in [-0.05, 0) is 10.8 Å². The van der Waals surface area contributed by atoms with Crippen molar-refractivity contribution in [2.45, 2.75) is 52.4 Å². The van der Waals surface area contributed by atoms with E-state index in [0.717, 1.165) is 16.9 Å². The van der Waals surface area contributed by atoms with Gasteiger partial charge in [-0.3, -0.25) is 0 Å². The Morgan fingerprint density at radius 1 is 0.960 bits per heavy atom. The smallest absolute Gasteiger partial charge is 0.250 e. The zero-order valence-electron chi connectivity index (χ0n) is 15.6. The summed E-state index contributed by atoms with van der Waals surface area (Å²) < 4.78 is 6.34. The number of aromatic amines is 1. The van der Waals surface area contributed by atoms with Crippen molar-refractivity contribution in [1.29, 1.82) is 0 Å². The monoisotopic (exact) mass is 339 g/mol. The lowest BCUT2D eigenvalue weighted by Gasteiger charge is -2.29. The maximum absolute atomic E-state index is 6.34. The van der Waals surface area contributed by atoms with E-state index in [4.69, 9.17) is 10.5 Å². The minimum Gasteiger partial charge on any atom is -0.436 e. The van der Waals surface area contributed by atoms with Gasteiger partial charge in [0.1, 0.15) is 11.3 Å². The van der Waals surface area contributed by atoms with E-state index in [-0.39, 0.29) is 16.8 Å². The highest BCUT2D eigenvalue weighted by molar-refractivity contribution is 5.77. The predicted molar refractivity (Wildman–Crippen MR) is 100 cm³/mol. The third-order valence-corrected chi connectivity index (χ3v) is 4.10. The van der Waals surface area contributed by atoms with E-state index in [1.807, 2.05) is 0 Å². The SMILES string of the molecule is CC(C)(C)c1cccc(C(C)(C)C)c1Oc1nc(N)nc2nc[nH]c12. The van der Waals surface area contributed by atoms with Crippen LogP contribution in [0.5, 0.6) is 11.6 Å². The normalized spacial score (nSPS) is 12.6. The Bertz CT molecular complexity index is 883. The van der Waals surface area contributed by atoms with Crippen LogP contribution in [0.1, 0.15) is 52.7 Å². The fourth-order valence-electron chi connectivity index (χ4n) is 2.82. The van der Waals surface area contributed by atoms with Gasteiger partial charge in [-0.1, -0.05) is 59.7 Å². The number of benzene rings is 1. The van der Waals surface area contributed by atoms with E-state index >= 15 is 0 Å². The van der Waals surface area contributed by atoms with Crippen LogP contribution in [0.25, 0.3) is 11.2 Å². The predicted octanol–water partition coefficient (Wildman–Crippen LogP) is 4.32. The fourth-order valence-corrected chi connectivity index (χ4v) is 2.82. The molecular formula is C19H25N5O. The summed E-state index contributed by atoms with van der Waals surface area (Å²) in [6.45, 7) is 13.0. The third kappa shape index (κ3) is 3.29. The van der Waals surface area contributed by atoms with Gasteiger partial charge >= 0.3 is 0 Å². The van der Waals surface area contributed by atoms with Crippen LogP contribution >= 0.6 is 0 Å². The fraction of sp³-hybridized carbons (Fsp3) is 0.421. The Kier molecular flexibility index (Phi) is 3.94. The molecule has 3 rings (SSSR count). The van der Waals surface area contributed by atoms with Crippen LogP contribution in [0.2, 0.25) is 0 Å². The van der Waals surface area contributed by atoms with Crippen LogP contribution in [0, 0.1) is 0 Å². The minimum absolute atomic E-state index is 0.0811. The van der Waals surface area contributed by atoms with Crippen molar-refractivity contribution in [3.63, 3.8) is 0 Å². The maximum atomic E-state index is 6.34. The van der Waals surface area contributed by atoms with E-state index in [9.17, 15) is 0 Å². The molecule has 0 fully saturated rings. The van der Waals surface area contributed by atoms with Crippen LogP contribution in [-0.4, -0.2) is 19.9 Å². The highest BCUT2D eigenvalue weighted by Crippen LogP contribution is 2.42. The van der Waals surface area contributed by atoms with Crippen molar-refractivity contribution in [2.24, 2.45) is 0 Å². The van der Waals surface area contributed by atoms with Crippen molar-refractivity contribution < 1.29 is 4.74 Å². The summed E-state index contributed by atoms with van der Waals surface area (Å²) in [5.74, 6) is 1.35. The second kappa shape index (κ2) is 5.72. The van der Waals surface area contributed by atoms with Crippen LogP contribution < -0.4 is 10.5 Å². The van der Waals surface area contributed by atoms with Gasteiger partial charge < -0.3 is 15.5 Å². The number of aromatic nitrogens is 4. The van der Waals surface area contributed by atoms with Crippen molar-refractivity contribution >= 4 is 17.1 Å². The minimum atomic E-state index is -0.0811. The molecule has 2 heterocycles. The lowest BCUT2D eigenvalue weighted by molar-refractivity contribution is 0.423. The summed E-state index contributed by atoms with van der Waals surface area (Å²) in [5, 5.41) is 0. The maximum Gasteiger partial charge on any atom is 0.250 e. The number of hydrogen-bond donors (Lipinski definition) is 2. The number of fused-ring (bicyclic) bond motifs is 1. The lowest BCUT2D eigenvalue weighted by atomic mass is 9.79. The molecule has 1 aromatic carbocycles. The third-order valence-electron chi connectivity index (χ3n) is 4.10. The number of para-hydroxylation sites is 1. The Morgan fingerprint density at radius 3 is 2.12 bits per heavy atom. The Hall–Kier alpha value is -2.63.